The molecule has 0 heterocycles. The average Bonchev–Trinajstić information content (AvgIpc) is 1.82. The lowest BCUT2D eigenvalue weighted by atomic mass is 9.68. The number of rotatable bonds is 1. The molecule has 1 aliphatic rings. The maximum Gasteiger partial charge on any atom is 0.0211 e. The summed E-state index contributed by atoms with van der Waals surface area (Å²) < 4.78 is 0. The number of hydrogen-bond acceptors (Lipinski definition) is 0. The molecule has 0 nitrogen and oxygen atoms in total. The molecule has 1 heteroatoms. The molecule has 0 aromatic rings. The van der Waals surface area contributed by atoms with Gasteiger partial charge in [0.1, 0.15) is 0 Å². The zero-order chi connectivity index (χ0) is 7.07. The molecule has 0 saturated heterocycles. The summed E-state index contributed by atoms with van der Waals surface area (Å²) in [6, 6.07) is 0. The van der Waals surface area contributed by atoms with E-state index < -0.39 is 0 Å². The van der Waals surface area contributed by atoms with Crippen molar-refractivity contribution < 1.29 is 0 Å². The molecule has 0 aliphatic heterocycles. The van der Waals surface area contributed by atoms with Crippen molar-refractivity contribution in [2.45, 2.75) is 25.6 Å². The molecule has 0 saturated carbocycles. The third-order valence-corrected chi connectivity index (χ3v) is 3.57. The molecular formula is C8H13Br. The summed E-state index contributed by atoms with van der Waals surface area (Å²) in [6.45, 7) is 6.76. The van der Waals surface area contributed by atoms with Crippen LogP contribution in [0.25, 0.3) is 0 Å². The number of hydrogen-bond donors (Lipinski definition) is 0. The fourth-order valence-corrected chi connectivity index (χ4v) is 1.66. The highest BCUT2D eigenvalue weighted by molar-refractivity contribution is 9.09. The Morgan fingerprint density at radius 3 is 2.22 bits per heavy atom. The second-order valence-corrected chi connectivity index (χ2v) is 4.50. The fraction of sp³-hybridized carbons (Fsp3) is 0.750. The van der Waals surface area contributed by atoms with Gasteiger partial charge in [0.15, 0.2) is 0 Å². The van der Waals surface area contributed by atoms with E-state index in [1.807, 2.05) is 0 Å². The van der Waals surface area contributed by atoms with Gasteiger partial charge < -0.3 is 0 Å². The van der Waals surface area contributed by atoms with Crippen LogP contribution in [0.1, 0.15) is 20.8 Å². The molecule has 0 aromatic carbocycles. The van der Waals surface area contributed by atoms with Crippen LogP contribution in [0.2, 0.25) is 0 Å². The lowest BCUT2D eigenvalue weighted by Gasteiger charge is -2.41. The van der Waals surface area contributed by atoms with Crippen molar-refractivity contribution in [3.63, 3.8) is 0 Å². The maximum atomic E-state index is 3.60. The van der Waals surface area contributed by atoms with Gasteiger partial charge in [-0.3, -0.25) is 0 Å². The Balaban J connectivity index is 2.67. The smallest absolute Gasteiger partial charge is 0.0211 e. The topological polar surface area (TPSA) is 0 Å². The number of allylic oxidation sites excluding steroid dienone is 2. The van der Waals surface area contributed by atoms with E-state index >= 15 is 0 Å². The molecule has 0 spiro atoms. The van der Waals surface area contributed by atoms with E-state index in [0.717, 1.165) is 5.92 Å². The summed E-state index contributed by atoms with van der Waals surface area (Å²) >= 11 is 3.60. The molecule has 0 radical (unpaired) electrons. The molecule has 0 aromatic heterocycles. The Labute approximate surface area is 65.5 Å². The summed E-state index contributed by atoms with van der Waals surface area (Å²) in [5, 5.41) is 0. The molecule has 9 heavy (non-hydrogen) atoms. The van der Waals surface area contributed by atoms with Crippen molar-refractivity contribution in [3.05, 3.63) is 12.2 Å². The van der Waals surface area contributed by atoms with Gasteiger partial charge in [-0.15, -0.1) is 0 Å². The zero-order valence-corrected chi connectivity index (χ0v) is 7.77. The first-order valence-electron chi connectivity index (χ1n) is 3.41. The highest BCUT2D eigenvalue weighted by atomic mass is 79.9. The number of alkyl halides is 1. The minimum atomic E-state index is 0.417. The summed E-state index contributed by atoms with van der Waals surface area (Å²) in [6.07, 6.45) is 4.55. The largest absolute Gasteiger partial charge is 0.0884 e. The van der Waals surface area contributed by atoms with Crippen molar-refractivity contribution in [2.75, 3.05) is 0 Å². The van der Waals surface area contributed by atoms with Gasteiger partial charge in [0.2, 0.25) is 0 Å². The molecule has 0 bridgehead atoms. The first kappa shape index (κ1) is 7.33. The Morgan fingerprint density at radius 2 is 2.22 bits per heavy atom. The van der Waals surface area contributed by atoms with Gasteiger partial charge in [-0.2, -0.15) is 0 Å². The van der Waals surface area contributed by atoms with E-state index in [0.29, 0.717) is 10.2 Å². The van der Waals surface area contributed by atoms with E-state index in [1.165, 1.54) is 0 Å². The van der Waals surface area contributed by atoms with E-state index in [4.69, 9.17) is 0 Å². The highest BCUT2D eigenvalue weighted by Gasteiger charge is 2.37. The highest BCUT2D eigenvalue weighted by Crippen LogP contribution is 2.44. The average molecular weight is 189 g/mol. The summed E-state index contributed by atoms with van der Waals surface area (Å²) in [5.41, 5.74) is 0.417. The first-order chi connectivity index (χ1) is 4.07. The van der Waals surface area contributed by atoms with Gasteiger partial charge in [0.05, 0.1) is 0 Å². The van der Waals surface area contributed by atoms with Gasteiger partial charge in [-0.05, 0) is 5.92 Å². The van der Waals surface area contributed by atoms with Crippen molar-refractivity contribution in [3.8, 4) is 0 Å². The molecule has 1 unspecified atom stereocenters. The van der Waals surface area contributed by atoms with E-state index in [-0.39, 0.29) is 0 Å². The van der Waals surface area contributed by atoms with Crippen LogP contribution in [0.4, 0.5) is 0 Å². The van der Waals surface area contributed by atoms with Crippen LogP contribution in [-0.2, 0) is 0 Å². The number of halogens is 1. The molecule has 0 amide bonds. The van der Waals surface area contributed by atoms with Crippen LogP contribution in [0.15, 0.2) is 12.2 Å². The zero-order valence-electron chi connectivity index (χ0n) is 6.19. The third kappa shape index (κ3) is 0.958. The second kappa shape index (κ2) is 2.12. The van der Waals surface area contributed by atoms with Gasteiger partial charge in [-0.25, -0.2) is 0 Å². The van der Waals surface area contributed by atoms with Crippen molar-refractivity contribution in [1.82, 2.24) is 0 Å². The fourth-order valence-electron chi connectivity index (χ4n) is 1.09. The van der Waals surface area contributed by atoms with Gasteiger partial charge >= 0.3 is 0 Å². The van der Waals surface area contributed by atoms with Crippen molar-refractivity contribution >= 4 is 15.9 Å². The molecule has 0 fully saturated rings. The second-order valence-electron chi connectivity index (χ2n) is 3.13. The maximum absolute atomic E-state index is 3.60. The molecular weight excluding hydrogens is 176 g/mol. The Kier molecular flexibility index (Phi) is 1.73. The Hall–Kier alpha value is 0.220. The van der Waals surface area contributed by atoms with Crippen LogP contribution in [-0.4, -0.2) is 4.83 Å². The molecule has 52 valence electrons. The van der Waals surface area contributed by atoms with Crippen molar-refractivity contribution in [1.29, 1.82) is 0 Å². The Bertz CT molecular complexity index is 138. The van der Waals surface area contributed by atoms with Gasteiger partial charge in [0, 0.05) is 10.2 Å². The molecule has 1 rings (SSSR count). The van der Waals surface area contributed by atoms with E-state index in [2.05, 4.69) is 48.9 Å². The molecule has 1 aliphatic carbocycles. The monoisotopic (exact) mass is 188 g/mol. The summed E-state index contributed by atoms with van der Waals surface area (Å²) in [4.78, 5) is 0.602. The van der Waals surface area contributed by atoms with Crippen LogP contribution >= 0.6 is 15.9 Å². The summed E-state index contributed by atoms with van der Waals surface area (Å²) in [5.74, 6) is 0.742. The van der Waals surface area contributed by atoms with Crippen LogP contribution in [0, 0.1) is 11.3 Å². The lowest BCUT2D eigenvalue weighted by Crippen LogP contribution is -2.35. The standard InChI is InChI=1S/C8H13Br/c1-6-4-5-8(6,3)7(2)9/h4-7H,1-3H3/t6?,7-,8+/m0/s1. The first-order valence-corrected chi connectivity index (χ1v) is 4.32. The predicted octanol–water partition coefficient (Wildman–Crippen LogP) is 2.98. The molecule has 0 N–H and O–H groups in total. The van der Waals surface area contributed by atoms with Crippen LogP contribution in [0.5, 0.6) is 0 Å². The predicted molar refractivity (Wildman–Crippen MR) is 44.8 cm³/mol. The van der Waals surface area contributed by atoms with E-state index in [9.17, 15) is 0 Å². The third-order valence-electron chi connectivity index (χ3n) is 2.58. The van der Waals surface area contributed by atoms with Crippen molar-refractivity contribution in [2.24, 2.45) is 11.3 Å². The van der Waals surface area contributed by atoms with E-state index in [1.54, 1.807) is 0 Å². The van der Waals surface area contributed by atoms with Crippen LogP contribution in [0.3, 0.4) is 0 Å². The summed E-state index contributed by atoms with van der Waals surface area (Å²) in [7, 11) is 0. The normalized spacial score (nSPS) is 44.2. The minimum Gasteiger partial charge on any atom is -0.0884 e. The Morgan fingerprint density at radius 1 is 1.67 bits per heavy atom. The quantitative estimate of drug-likeness (QED) is 0.439. The molecule has 3 atom stereocenters. The van der Waals surface area contributed by atoms with Gasteiger partial charge in [-0.1, -0.05) is 48.9 Å². The van der Waals surface area contributed by atoms with Crippen LogP contribution < -0.4 is 0 Å². The lowest BCUT2D eigenvalue weighted by molar-refractivity contribution is 0.288. The SMILES string of the molecule is CC1C=C[C@@]1(C)[C@H](C)Br. The van der Waals surface area contributed by atoms with Gasteiger partial charge in [0.25, 0.3) is 0 Å². The minimum absolute atomic E-state index is 0.417.